The molecule has 0 radical (unpaired) electrons. The van der Waals surface area contributed by atoms with Gasteiger partial charge in [-0.3, -0.25) is 0 Å². The number of halogens is 1. The third kappa shape index (κ3) is 4.57. The first-order valence-corrected chi connectivity index (χ1v) is 8.60. The molecule has 2 aromatic carbocycles. The molecule has 0 saturated carbocycles. The molecular weight excluding hydrogens is 321 g/mol. The number of aliphatic hydroxyl groups is 1. The Morgan fingerprint density at radius 3 is 2.64 bits per heavy atom. The average molecular weight is 345 g/mol. The van der Waals surface area contributed by atoms with Crippen LogP contribution < -0.4 is 10.1 Å². The second-order valence-corrected chi connectivity index (χ2v) is 6.33. The summed E-state index contributed by atoms with van der Waals surface area (Å²) in [7, 11) is 1.51. The molecule has 0 aromatic heterocycles. The van der Waals surface area contributed by atoms with Crippen molar-refractivity contribution in [1.82, 2.24) is 5.32 Å². The number of methoxy groups -OCH3 is 1. The van der Waals surface area contributed by atoms with Gasteiger partial charge in [-0.05, 0) is 43.0 Å². The Bertz CT molecular complexity index is 677. The lowest BCUT2D eigenvalue weighted by Crippen LogP contribution is -2.45. The van der Waals surface area contributed by atoms with E-state index in [1.54, 1.807) is 18.2 Å². The van der Waals surface area contributed by atoms with Gasteiger partial charge in [0.1, 0.15) is 18.2 Å². The van der Waals surface area contributed by atoms with E-state index in [2.05, 4.69) is 5.32 Å². The van der Waals surface area contributed by atoms with Crippen LogP contribution in [-0.4, -0.2) is 24.5 Å². The van der Waals surface area contributed by atoms with Crippen LogP contribution in [0.5, 0.6) is 5.75 Å². The van der Waals surface area contributed by atoms with Gasteiger partial charge in [-0.2, -0.15) is 0 Å². The van der Waals surface area contributed by atoms with Gasteiger partial charge in [0.25, 0.3) is 0 Å². The molecule has 1 fully saturated rings. The van der Waals surface area contributed by atoms with Crippen LogP contribution in [0.2, 0.25) is 0 Å². The van der Waals surface area contributed by atoms with E-state index in [1.807, 2.05) is 24.3 Å². The molecule has 134 valence electrons. The molecular formula is C20H24FNO3. The smallest absolute Gasteiger partial charge is 0.169 e. The summed E-state index contributed by atoms with van der Waals surface area (Å²) < 4.78 is 24.3. The van der Waals surface area contributed by atoms with Crippen molar-refractivity contribution in [3.05, 3.63) is 65.5 Å². The number of piperidine rings is 1. The lowest BCUT2D eigenvalue weighted by Gasteiger charge is -2.33. The summed E-state index contributed by atoms with van der Waals surface area (Å²) in [5.74, 6) is 0.449. The lowest BCUT2D eigenvalue weighted by molar-refractivity contribution is -0.104. The van der Waals surface area contributed by atoms with E-state index >= 15 is 0 Å². The maximum absolute atomic E-state index is 13.6. The predicted molar refractivity (Wildman–Crippen MR) is 93.7 cm³/mol. The molecule has 2 N–H and O–H groups in total. The molecule has 1 unspecified atom stereocenters. The average Bonchev–Trinajstić information content (AvgIpc) is 2.67. The lowest BCUT2D eigenvalue weighted by atomic mass is 9.93. The minimum Gasteiger partial charge on any atom is -0.489 e. The highest BCUT2D eigenvalue weighted by molar-refractivity contribution is 5.30. The monoisotopic (exact) mass is 345 g/mol. The Morgan fingerprint density at radius 1 is 1.16 bits per heavy atom. The minimum atomic E-state index is -0.786. The number of benzene rings is 2. The summed E-state index contributed by atoms with van der Waals surface area (Å²) in [6.45, 7) is 0.204. The molecule has 2 aromatic rings. The predicted octanol–water partition coefficient (Wildman–Crippen LogP) is 3.55. The summed E-state index contributed by atoms with van der Waals surface area (Å²) in [6, 6.07) is 14.6. The van der Waals surface area contributed by atoms with Crippen LogP contribution in [0.1, 0.15) is 36.4 Å². The molecule has 3 rings (SSSR count). The zero-order valence-corrected chi connectivity index (χ0v) is 14.3. The van der Waals surface area contributed by atoms with Gasteiger partial charge in [0.05, 0.1) is 6.04 Å². The Morgan fingerprint density at radius 2 is 1.92 bits per heavy atom. The number of nitrogens with one attached hydrogen (secondary N) is 1. The zero-order chi connectivity index (χ0) is 17.6. The first-order chi connectivity index (χ1) is 12.2. The minimum absolute atomic E-state index is 0.0549. The third-order valence-electron chi connectivity index (χ3n) is 4.64. The third-order valence-corrected chi connectivity index (χ3v) is 4.64. The van der Waals surface area contributed by atoms with Gasteiger partial charge in [0.15, 0.2) is 6.29 Å². The van der Waals surface area contributed by atoms with Crippen molar-refractivity contribution in [1.29, 1.82) is 0 Å². The van der Waals surface area contributed by atoms with Gasteiger partial charge in [0, 0.05) is 18.7 Å². The second kappa shape index (κ2) is 8.43. The van der Waals surface area contributed by atoms with Crippen molar-refractivity contribution in [2.75, 3.05) is 7.11 Å². The van der Waals surface area contributed by atoms with E-state index in [0.717, 1.165) is 24.8 Å². The molecule has 25 heavy (non-hydrogen) atoms. The fourth-order valence-electron chi connectivity index (χ4n) is 3.19. The summed E-state index contributed by atoms with van der Waals surface area (Å²) in [5.41, 5.74) is 1.68. The van der Waals surface area contributed by atoms with Gasteiger partial charge in [0.2, 0.25) is 0 Å². The number of rotatable bonds is 6. The van der Waals surface area contributed by atoms with Crippen molar-refractivity contribution < 1.29 is 19.0 Å². The largest absolute Gasteiger partial charge is 0.489 e. The summed E-state index contributed by atoms with van der Waals surface area (Å²) in [4.78, 5) is 0. The van der Waals surface area contributed by atoms with E-state index in [4.69, 9.17) is 9.47 Å². The molecule has 0 amide bonds. The highest BCUT2D eigenvalue weighted by Crippen LogP contribution is 2.28. The summed E-state index contributed by atoms with van der Waals surface area (Å²) in [5, 5.41) is 13.3. The van der Waals surface area contributed by atoms with Gasteiger partial charge in [-0.1, -0.05) is 30.3 Å². The molecule has 1 heterocycles. The van der Waals surface area contributed by atoms with E-state index in [0.29, 0.717) is 11.3 Å². The fourth-order valence-corrected chi connectivity index (χ4v) is 3.19. The molecule has 1 aliphatic rings. The Hall–Kier alpha value is -1.95. The number of aliphatic hydroxyl groups excluding tert-OH is 1. The Kier molecular flexibility index (Phi) is 6.02. The van der Waals surface area contributed by atoms with E-state index in [-0.39, 0.29) is 24.5 Å². The molecule has 0 spiro atoms. The van der Waals surface area contributed by atoms with Crippen molar-refractivity contribution in [2.45, 2.75) is 44.2 Å². The second-order valence-electron chi connectivity index (χ2n) is 6.33. The first kappa shape index (κ1) is 17.9. The number of ether oxygens (including phenoxy) is 2. The van der Waals surface area contributed by atoms with Gasteiger partial charge in [-0.25, -0.2) is 4.39 Å². The molecule has 1 aliphatic heterocycles. The van der Waals surface area contributed by atoms with Crippen LogP contribution in [0.15, 0.2) is 48.5 Å². The van der Waals surface area contributed by atoms with Gasteiger partial charge in [-0.15, -0.1) is 0 Å². The van der Waals surface area contributed by atoms with Gasteiger partial charge < -0.3 is 19.9 Å². The quantitative estimate of drug-likeness (QED) is 0.786. The Labute approximate surface area is 147 Å². The van der Waals surface area contributed by atoms with Crippen LogP contribution in [0, 0.1) is 5.82 Å². The molecule has 0 bridgehead atoms. The van der Waals surface area contributed by atoms with Gasteiger partial charge >= 0.3 is 0 Å². The summed E-state index contributed by atoms with van der Waals surface area (Å²) in [6.07, 6.45) is 2.16. The van der Waals surface area contributed by atoms with Crippen LogP contribution in [0.3, 0.4) is 0 Å². The van der Waals surface area contributed by atoms with Crippen molar-refractivity contribution in [3.8, 4) is 5.75 Å². The van der Waals surface area contributed by atoms with Crippen LogP contribution in [0.25, 0.3) is 0 Å². The van der Waals surface area contributed by atoms with E-state index < -0.39 is 6.29 Å². The van der Waals surface area contributed by atoms with E-state index in [9.17, 15) is 9.50 Å². The fraction of sp³-hybridized carbons (Fsp3) is 0.400. The molecule has 4 nitrogen and oxygen atoms in total. The van der Waals surface area contributed by atoms with E-state index in [1.165, 1.54) is 13.2 Å². The maximum atomic E-state index is 13.6. The highest BCUT2D eigenvalue weighted by atomic mass is 19.1. The number of hydrogen-bond acceptors (Lipinski definition) is 4. The zero-order valence-electron chi connectivity index (χ0n) is 14.3. The molecule has 1 saturated heterocycles. The van der Waals surface area contributed by atoms with Crippen LogP contribution in [0.4, 0.5) is 4.39 Å². The van der Waals surface area contributed by atoms with Crippen LogP contribution >= 0.6 is 0 Å². The highest BCUT2D eigenvalue weighted by Gasteiger charge is 2.27. The maximum Gasteiger partial charge on any atom is 0.169 e. The standard InChI is InChI=1S/C20H24FNO3/c1-24-20(23)19-8-4-7-18(22-19)14-9-11-16(12-10-14)25-13-15-5-2-3-6-17(15)21/h2-3,5-6,9-12,18-20,22-23H,4,7-8,13H2,1H3/t18-,19+,20?/m0/s1. The van der Waals surface area contributed by atoms with Crippen molar-refractivity contribution in [3.63, 3.8) is 0 Å². The Balaban J connectivity index is 1.59. The number of hydrogen-bond donors (Lipinski definition) is 2. The topological polar surface area (TPSA) is 50.7 Å². The van der Waals surface area contributed by atoms with Crippen molar-refractivity contribution in [2.24, 2.45) is 0 Å². The normalized spacial score (nSPS) is 21.7. The first-order valence-electron chi connectivity index (χ1n) is 8.60. The van der Waals surface area contributed by atoms with Crippen molar-refractivity contribution >= 4 is 0 Å². The van der Waals surface area contributed by atoms with Crippen LogP contribution in [-0.2, 0) is 11.3 Å². The molecule has 3 atom stereocenters. The SMILES string of the molecule is COC(O)[C@H]1CCC[C@@H](c2ccc(OCc3ccccc3F)cc2)N1. The summed E-state index contributed by atoms with van der Waals surface area (Å²) >= 11 is 0. The molecule has 0 aliphatic carbocycles. The molecule has 5 heteroatoms.